The second kappa shape index (κ2) is 7.04. The summed E-state index contributed by atoms with van der Waals surface area (Å²) >= 11 is 0. The summed E-state index contributed by atoms with van der Waals surface area (Å²) in [5.41, 5.74) is 2.23. The van der Waals surface area contributed by atoms with E-state index in [2.05, 4.69) is 4.98 Å². The fraction of sp³-hybridized carbons (Fsp3) is 0.312. The van der Waals surface area contributed by atoms with E-state index in [-0.39, 0.29) is 18.6 Å². The van der Waals surface area contributed by atoms with Crippen LogP contribution in [0.3, 0.4) is 0 Å². The van der Waals surface area contributed by atoms with Crippen molar-refractivity contribution < 1.29 is 18.8 Å². The maximum absolute atomic E-state index is 13.8. The Labute approximate surface area is 132 Å². The van der Waals surface area contributed by atoms with Gasteiger partial charge in [-0.3, -0.25) is 19.8 Å². The van der Waals surface area contributed by atoms with E-state index in [1.54, 1.807) is 12.3 Å². The van der Waals surface area contributed by atoms with Crippen LogP contribution >= 0.6 is 0 Å². The highest BCUT2D eigenvalue weighted by atomic mass is 19.1. The van der Waals surface area contributed by atoms with Crippen LogP contribution in [0.2, 0.25) is 0 Å². The van der Waals surface area contributed by atoms with Crippen LogP contribution in [0.4, 0.5) is 9.18 Å². The number of aromatic amines is 1. The van der Waals surface area contributed by atoms with Crippen LogP contribution in [0, 0.1) is 5.82 Å². The number of fused-ring (bicyclic) bond motifs is 1. The highest BCUT2D eigenvalue weighted by Gasteiger charge is 2.17. The van der Waals surface area contributed by atoms with Gasteiger partial charge in [0.05, 0.1) is 5.52 Å². The van der Waals surface area contributed by atoms with Gasteiger partial charge in [0.15, 0.2) is 0 Å². The zero-order valence-electron chi connectivity index (χ0n) is 13.0. The van der Waals surface area contributed by atoms with Gasteiger partial charge in [0.1, 0.15) is 5.82 Å². The van der Waals surface area contributed by atoms with Gasteiger partial charge in [-0.1, -0.05) is 6.92 Å². The predicted molar refractivity (Wildman–Crippen MR) is 83.3 cm³/mol. The fourth-order valence-corrected chi connectivity index (χ4v) is 2.51. The molecule has 1 aromatic carbocycles. The zero-order chi connectivity index (χ0) is 17.0. The zero-order valence-corrected chi connectivity index (χ0v) is 13.0. The Morgan fingerprint density at radius 3 is 2.78 bits per heavy atom. The van der Waals surface area contributed by atoms with E-state index in [1.807, 2.05) is 12.2 Å². The molecule has 1 heterocycles. The molecule has 2 rings (SSSR count). The number of hydrogen-bond acceptors (Lipinski definition) is 3. The van der Waals surface area contributed by atoms with Crippen LogP contribution in [0.15, 0.2) is 18.3 Å². The van der Waals surface area contributed by atoms with Crippen molar-refractivity contribution in [2.24, 2.45) is 0 Å². The number of nitrogens with zero attached hydrogens (tertiary/aromatic N) is 1. The minimum Gasteiger partial charge on any atom is -0.361 e. The van der Waals surface area contributed by atoms with Crippen molar-refractivity contribution in [2.75, 3.05) is 7.05 Å². The van der Waals surface area contributed by atoms with E-state index in [4.69, 9.17) is 0 Å². The summed E-state index contributed by atoms with van der Waals surface area (Å²) < 4.78 is 13.8. The van der Waals surface area contributed by atoms with Gasteiger partial charge in [-0.05, 0) is 30.5 Å². The van der Waals surface area contributed by atoms with Crippen LogP contribution < -0.4 is 5.32 Å². The topological polar surface area (TPSA) is 82.3 Å². The Balaban J connectivity index is 2.13. The SMILES string of the molecule is CCc1c(F)ccc2c(CCC(=O)N(C)C(=O)NC=O)c[nH]c12. The number of hydrogen-bond donors (Lipinski definition) is 2. The largest absolute Gasteiger partial charge is 0.361 e. The Hall–Kier alpha value is -2.70. The molecular weight excluding hydrogens is 301 g/mol. The Kier molecular flexibility index (Phi) is 5.10. The highest BCUT2D eigenvalue weighted by molar-refractivity contribution is 5.98. The lowest BCUT2D eigenvalue weighted by Gasteiger charge is -2.13. The quantitative estimate of drug-likeness (QED) is 0.828. The third-order valence-electron chi connectivity index (χ3n) is 3.82. The average Bonchev–Trinajstić information content (AvgIpc) is 2.95. The van der Waals surface area contributed by atoms with Crippen LogP contribution in [0.5, 0.6) is 0 Å². The highest BCUT2D eigenvalue weighted by Crippen LogP contribution is 2.25. The molecule has 0 saturated carbocycles. The van der Waals surface area contributed by atoms with Gasteiger partial charge in [-0.2, -0.15) is 0 Å². The molecule has 0 bridgehead atoms. The molecule has 0 radical (unpaired) electrons. The van der Waals surface area contributed by atoms with E-state index in [0.717, 1.165) is 21.4 Å². The molecule has 7 heteroatoms. The molecule has 0 unspecified atom stereocenters. The third kappa shape index (κ3) is 3.39. The molecule has 0 spiro atoms. The standard InChI is InChI=1S/C16H18FN3O3/c1-3-11-13(17)6-5-12-10(8-18-15(11)12)4-7-14(22)20(2)16(23)19-9-21/h5-6,8-9,18H,3-4,7H2,1-2H3,(H,19,21,23). The van der Waals surface area contributed by atoms with Crippen molar-refractivity contribution >= 4 is 29.3 Å². The fourth-order valence-electron chi connectivity index (χ4n) is 2.51. The number of nitrogens with one attached hydrogen (secondary N) is 2. The summed E-state index contributed by atoms with van der Waals surface area (Å²) in [6, 6.07) is 2.34. The van der Waals surface area contributed by atoms with Crippen molar-refractivity contribution in [1.29, 1.82) is 0 Å². The van der Waals surface area contributed by atoms with Crippen molar-refractivity contribution in [3.63, 3.8) is 0 Å². The van der Waals surface area contributed by atoms with Crippen LogP contribution in [0.25, 0.3) is 10.9 Å². The molecule has 4 amide bonds. The van der Waals surface area contributed by atoms with Gasteiger partial charge < -0.3 is 4.98 Å². The molecule has 0 atom stereocenters. The molecule has 23 heavy (non-hydrogen) atoms. The number of imide groups is 2. The third-order valence-corrected chi connectivity index (χ3v) is 3.82. The van der Waals surface area contributed by atoms with Crippen LogP contribution in [-0.2, 0) is 22.4 Å². The van der Waals surface area contributed by atoms with E-state index in [0.29, 0.717) is 18.4 Å². The minimum atomic E-state index is -0.765. The second-order valence-corrected chi connectivity index (χ2v) is 5.14. The first-order chi connectivity index (χ1) is 11.0. The van der Waals surface area contributed by atoms with Crippen LogP contribution in [0.1, 0.15) is 24.5 Å². The second-order valence-electron chi connectivity index (χ2n) is 5.14. The van der Waals surface area contributed by atoms with Gasteiger partial charge in [-0.25, -0.2) is 9.18 Å². The summed E-state index contributed by atoms with van der Waals surface area (Å²) in [6.45, 7) is 1.88. The first-order valence-corrected chi connectivity index (χ1v) is 7.27. The summed E-state index contributed by atoms with van der Waals surface area (Å²) in [4.78, 5) is 37.5. The molecule has 0 aliphatic carbocycles. The lowest BCUT2D eigenvalue weighted by molar-refractivity contribution is -0.127. The van der Waals surface area contributed by atoms with Crippen molar-refractivity contribution in [3.05, 3.63) is 35.3 Å². The number of rotatable bonds is 5. The maximum Gasteiger partial charge on any atom is 0.330 e. The van der Waals surface area contributed by atoms with E-state index in [9.17, 15) is 18.8 Å². The average molecular weight is 319 g/mol. The normalized spacial score (nSPS) is 10.6. The Morgan fingerprint density at radius 2 is 2.13 bits per heavy atom. The Morgan fingerprint density at radius 1 is 1.39 bits per heavy atom. The molecule has 1 aromatic heterocycles. The van der Waals surface area contributed by atoms with E-state index >= 15 is 0 Å². The van der Waals surface area contributed by atoms with E-state index in [1.165, 1.54) is 13.1 Å². The number of aryl methyl sites for hydroxylation is 2. The van der Waals surface area contributed by atoms with Gasteiger partial charge >= 0.3 is 6.03 Å². The van der Waals surface area contributed by atoms with Crippen molar-refractivity contribution in [1.82, 2.24) is 15.2 Å². The van der Waals surface area contributed by atoms with Gasteiger partial charge in [0.25, 0.3) is 0 Å². The number of carbonyl (C=O) groups excluding carboxylic acids is 3. The van der Waals surface area contributed by atoms with Gasteiger partial charge in [-0.15, -0.1) is 0 Å². The summed E-state index contributed by atoms with van der Waals surface area (Å²) in [5.74, 6) is -0.661. The number of halogens is 1. The number of benzene rings is 1. The first kappa shape index (κ1) is 16.7. The Bertz CT molecular complexity index is 754. The molecule has 0 fully saturated rings. The number of aromatic nitrogens is 1. The van der Waals surface area contributed by atoms with Gasteiger partial charge in [0, 0.05) is 30.6 Å². The van der Waals surface area contributed by atoms with Crippen molar-refractivity contribution in [3.8, 4) is 0 Å². The molecule has 2 N–H and O–H groups in total. The van der Waals surface area contributed by atoms with Crippen molar-refractivity contribution in [2.45, 2.75) is 26.2 Å². The summed E-state index contributed by atoms with van der Waals surface area (Å²) in [6.07, 6.45) is 3.06. The molecular formula is C16H18FN3O3. The smallest absolute Gasteiger partial charge is 0.330 e. The first-order valence-electron chi connectivity index (χ1n) is 7.27. The number of carbonyl (C=O) groups is 3. The molecule has 122 valence electrons. The monoisotopic (exact) mass is 319 g/mol. The molecule has 0 aliphatic rings. The van der Waals surface area contributed by atoms with Gasteiger partial charge in [0.2, 0.25) is 12.3 Å². The number of H-pyrrole nitrogens is 1. The molecule has 6 nitrogen and oxygen atoms in total. The number of amides is 4. The number of urea groups is 1. The summed E-state index contributed by atoms with van der Waals surface area (Å²) in [5, 5.41) is 2.78. The minimum absolute atomic E-state index is 0.106. The van der Waals surface area contributed by atoms with Crippen LogP contribution in [-0.4, -0.2) is 35.3 Å². The molecule has 2 aromatic rings. The molecule has 0 saturated heterocycles. The summed E-state index contributed by atoms with van der Waals surface area (Å²) in [7, 11) is 1.31. The predicted octanol–water partition coefficient (Wildman–Crippen LogP) is 2.13. The lowest BCUT2D eigenvalue weighted by Crippen LogP contribution is -2.40. The lowest BCUT2D eigenvalue weighted by atomic mass is 10.0. The molecule has 0 aliphatic heterocycles. The van der Waals surface area contributed by atoms with E-state index < -0.39 is 11.9 Å². The maximum atomic E-state index is 13.8.